The second kappa shape index (κ2) is 5.35. The maximum absolute atomic E-state index is 5.58. The van der Waals surface area contributed by atoms with Gasteiger partial charge in [0.1, 0.15) is 12.4 Å². The van der Waals surface area contributed by atoms with Crippen LogP contribution in [0, 0.1) is 0 Å². The zero-order valence-electron chi connectivity index (χ0n) is 8.32. The lowest BCUT2D eigenvalue weighted by Crippen LogP contribution is -2.05. The van der Waals surface area contributed by atoms with Crippen LogP contribution in [0.15, 0.2) is 24.3 Å². The van der Waals surface area contributed by atoms with Gasteiger partial charge in [0.05, 0.1) is 19.1 Å². The van der Waals surface area contributed by atoms with Gasteiger partial charge in [-0.25, -0.2) is 0 Å². The normalized spacial score (nSPS) is 16.9. The van der Waals surface area contributed by atoms with E-state index in [1.165, 1.54) is 0 Å². The molecule has 0 N–H and O–H groups in total. The third-order valence-electron chi connectivity index (χ3n) is 2.13. The van der Waals surface area contributed by atoms with Gasteiger partial charge in [0, 0.05) is 5.56 Å². The van der Waals surface area contributed by atoms with Crippen molar-refractivity contribution >= 4 is 11.6 Å². The molecule has 0 aromatic heterocycles. The SMILES string of the molecule is ClCCOc1ccccc1C1OCCO1. The molecule has 0 bridgehead atoms. The predicted octanol–water partition coefficient (Wildman–Crippen LogP) is 2.35. The summed E-state index contributed by atoms with van der Waals surface area (Å²) in [4.78, 5) is 0. The Balaban J connectivity index is 2.13. The quantitative estimate of drug-likeness (QED) is 0.741. The summed E-state index contributed by atoms with van der Waals surface area (Å²) in [6.45, 7) is 1.76. The first-order valence-corrected chi connectivity index (χ1v) is 5.46. The van der Waals surface area contributed by atoms with E-state index in [2.05, 4.69) is 0 Å². The van der Waals surface area contributed by atoms with E-state index < -0.39 is 0 Å². The van der Waals surface area contributed by atoms with Gasteiger partial charge in [-0.15, -0.1) is 11.6 Å². The minimum absolute atomic E-state index is 0.295. The number of halogens is 1. The molecule has 0 unspecified atom stereocenters. The number of para-hydroxylation sites is 1. The third-order valence-corrected chi connectivity index (χ3v) is 2.28. The summed E-state index contributed by atoms with van der Waals surface area (Å²) in [5.74, 6) is 1.26. The van der Waals surface area contributed by atoms with Gasteiger partial charge >= 0.3 is 0 Å². The number of alkyl halides is 1. The minimum atomic E-state index is -0.295. The van der Waals surface area contributed by atoms with Gasteiger partial charge in [0.2, 0.25) is 0 Å². The van der Waals surface area contributed by atoms with Crippen LogP contribution >= 0.6 is 11.6 Å². The molecule has 1 saturated heterocycles. The van der Waals surface area contributed by atoms with Crippen molar-refractivity contribution in [1.82, 2.24) is 0 Å². The number of hydrogen-bond donors (Lipinski definition) is 0. The molecule has 1 aromatic carbocycles. The highest BCUT2D eigenvalue weighted by Crippen LogP contribution is 2.30. The molecule has 0 aliphatic carbocycles. The molecule has 0 spiro atoms. The lowest BCUT2D eigenvalue weighted by molar-refractivity contribution is -0.0456. The molecule has 3 nitrogen and oxygen atoms in total. The lowest BCUT2D eigenvalue weighted by Gasteiger charge is -2.14. The Labute approximate surface area is 93.9 Å². The predicted molar refractivity (Wildman–Crippen MR) is 57.3 cm³/mol. The maximum Gasteiger partial charge on any atom is 0.187 e. The standard InChI is InChI=1S/C11H13ClO3/c12-5-6-13-10-4-2-1-3-9(10)11-14-7-8-15-11/h1-4,11H,5-8H2. The van der Waals surface area contributed by atoms with Crippen LogP contribution < -0.4 is 4.74 Å². The highest BCUT2D eigenvalue weighted by Gasteiger charge is 2.21. The second-order valence-corrected chi connectivity index (χ2v) is 3.53. The van der Waals surface area contributed by atoms with Gasteiger partial charge in [-0.3, -0.25) is 0 Å². The molecule has 1 aliphatic heterocycles. The topological polar surface area (TPSA) is 27.7 Å². The average Bonchev–Trinajstić information content (AvgIpc) is 2.80. The smallest absolute Gasteiger partial charge is 0.187 e. The zero-order valence-corrected chi connectivity index (χ0v) is 9.07. The van der Waals surface area contributed by atoms with Crippen molar-refractivity contribution in [3.63, 3.8) is 0 Å². The summed E-state index contributed by atoms with van der Waals surface area (Å²) in [6.07, 6.45) is -0.295. The van der Waals surface area contributed by atoms with Gasteiger partial charge in [-0.1, -0.05) is 18.2 Å². The van der Waals surface area contributed by atoms with Gasteiger partial charge in [0.25, 0.3) is 0 Å². The molecule has 0 atom stereocenters. The van der Waals surface area contributed by atoms with E-state index in [1.54, 1.807) is 0 Å². The van der Waals surface area contributed by atoms with Crippen LogP contribution in [0.5, 0.6) is 5.75 Å². The monoisotopic (exact) mass is 228 g/mol. The van der Waals surface area contributed by atoms with Crippen molar-refractivity contribution < 1.29 is 14.2 Å². The van der Waals surface area contributed by atoms with Crippen molar-refractivity contribution in [2.45, 2.75) is 6.29 Å². The Morgan fingerprint density at radius 1 is 1.27 bits per heavy atom. The first kappa shape index (κ1) is 10.7. The van der Waals surface area contributed by atoms with Gasteiger partial charge in [-0.2, -0.15) is 0 Å². The Hall–Kier alpha value is -0.770. The fraction of sp³-hybridized carbons (Fsp3) is 0.455. The fourth-order valence-corrected chi connectivity index (χ4v) is 1.57. The van der Waals surface area contributed by atoms with Crippen LogP contribution in [-0.2, 0) is 9.47 Å². The average molecular weight is 229 g/mol. The Morgan fingerprint density at radius 2 is 2.00 bits per heavy atom. The van der Waals surface area contributed by atoms with E-state index in [1.807, 2.05) is 24.3 Å². The number of rotatable bonds is 4. The largest absolute Gasteiger partial charge is 0.492 e. The molecule has 15 heavy (non-hydrogen) atoms. The zero-order chi connectivity index (χ0) is 10.5. The van der Waals surface area contributed by atoms with Crippen LogP contribution in [0.4, 0.5) is 0 Å². The van der Waals surface area contributed by atoms with Crippen molar-refractivity contribution in [3.05, 3.63) is 29.8 Å². The number of benzene rings is 1. The van der Waals surface area contributed by atoms with Gasteiger partial charge in [-0.05, 0) is 6.07 Å². The van der Waals surface area contributed by atoms with Crippen LogP contribution in [0.25, 0.3) is 0 Å². The molecule has 1 aliphatic rings. The molecule has 1 aromatic rings. The number of ether oxygens (including phenoxy) is 3. The number of hydrogen-bond acceptors (Lipinski definition) is 3. The molecular weight excluding hydrogens is 216 g/mol. The molecule has 4 heteroatoms. The lowest BCUT2D eigenvalue weighted by atomic mass is 10.2. The first-order valence-electron chi connectivity index (χ1n) is 4.92. The molecule has 0 radical (unpaired) electrons. The van der Waals surface area contributed by atoms with Crippen LogP contribution in [0.2, 0.25) is 0 Å². The van der Waals surface area contributed by atoms with E-state index in [9.17, 15) is 0 Å². The maximum atomic E-state index is 5.58. The van der Waals surface area contributed by atoms with E-state index in [4.69, 9.17) is 25.8 Å². The Bertz CT molecular complexity index is 310. The van der Waals surface area contributed by atoms with E-state index in [0.717, 1.165) is 11.3 Å². The van der Waals surface area contributed by atoms with Gasteiger partial charge < -0.3 is 14.2 Å². The Kier molecular flexibility index (Phi) is 3.83. The minimum Gasteiger partial charge on any atom is -0.492 e. The summed E-state index contributed by atoms with van der Waals surface area (Å²) in [6, 6.07) is 7.70. The van der Waals surface area contributed by atoms with Gasteiger partial charge in [0.15, 0.2) is 6.29 Å². The van der Waals surface area contributed by atoms with Crippen molar-refractivity contribution in [2.75, 3.05) is 25.7 Å². The third kappa shape index (κ3) is 2.62. The molecular formula is C11H13ClO3. The molecule has 2 rings (SSSR count). The summed E-state index contributed by atoms with van der Waals surface area (Å²) >= 11 is 5.58. The summed E-state index contributed by atoms with van der Waals surface area (Å²) in [7, 11) is 0. The highest BCUT2D eigenvalue weighted by molar-refractivity contribution is 6.18. The molecule has 0 amide bonds. The van der Waals surface area contributed by atoms with Crippen LogP contribution in [-0.4, -0.2) is 25.7 Å². The van der Waals surface area contributed by atoms with Crippen LogP contribution in [0.3, 0.4) is 0 Å². The first-order chi connectivity index (χ1) is 7.42. The molecule has 82 valence electrons. The summed E-state index contributed by atoms with van der Waals surface area (Å²) in [5.41, 5.74) is 0.931. The summed E-state index contributed by atoms with van der Waals surface area (Å²) in [5, 5.41) is 0. The van der Waals surface area contributed by atoms with E-state index >= 15 is 0 Å². The van der Waals surface area contributed by atoms with Crippen LogP contribution in [0.1, 0.15) is 11.9 Å². The molecule has 1 heterocycles. The van der Waals surface area contributed by atoms with E-state index in [-0.39, 0.29) is 6.29 Å². The van der Waals surface area contributed by atoms with Crippen molar-refractivity contribution in [1.29, 1.82) is 0 Å². The summed E-state index contributed by atoms with van der Waals surface area (Å²) < 4.78 is 16.4. The molecule has 0 saturated carbocycles. The van der Waals surface area contributed by atoms with Crippen molar-refractivity contribution in [2.24, 2.45) is 0 Å². The molecule has 1 fully saturated rings. The van der Waals surface area contributed by atoms with E-state index in [0.29, 0.717) is 25.7 Å². The highest BCUT2D eigenvalue weighted by atomic mass is 35.5. The Morgan fingerprint density at radius 3 is 2.73 bits per heavy atom. The fourth-order valence-electron chi connectivity index (χ4n) is 1.49. The second-order valence-electron chi connectivity index (χ2n) is 3.15. The van der Waals surface area contributed by atoms with Crippen molar-refractivity contribution in [3.8, 4) is 5.75 Å².